The molecule has 11 heteroatoms. The Kier molecular flexibility index (Phi) is 6.14. The number of carbonyl (C=O) groups excluding carboxylic acids is 1. The van der Waals surface area contributed by atoms with E-state index in [0.717, 1.165) is 11.6 Å². The number of amides is 1. The van der Waals surface area contributed by atoms with E-state index < -0.39 is 28.0 Å². The van der Waals surface area contributed by atoms with Gasteiger partial charge in [0.1, 0.15) is 10.4 Å². The first-order valence-corrected chi connectivity index (χ1v) is 12.7. The molecule has 0 unspecified atom stereocenters. The maximum atomic E-state index is 13.3. The van der Waals surface area contributed by atoms with Crippen LogP contribution in [0.1, 0.15) is 36.5 Å². The first-order valence-electron chi connectivity index (χ1n) is 10.3. The average Bonchev–Trinajstić information content (AvgIpc) is 3.21. The Hall–Kier alpha value is -2.63. The highest BCUT2D eigenvalue weighted by atomic mass is 32.2. The van der Waals surface area contributed by atoms with Crippen LogP contribution in [0.25, 0.3) is 10.2 Å². The fraction of sp³-hybridized carbons (Fsp3) is 0.364. The van der Waals surface area contributed by atoms with Crippen molar-refractivity contribution in [1.29, 1.82) is 0 Å². The van der Waals surface area contributed by atoms with E-state index in [4.69, 9.17) is 0 Å². The molecule has 0 saturated carbocycles. The molecule has 0 aliphatic carbocycles. The second-order valence-electron chi connectivity index (χ2n) is 8.40. The molecule has 3 aromatic rings. The Balaban J connectivity index is 1.42. The van der Waals surface area contributed by atoms with E-state index in [1.807, 2.05) is 0 Å². The van der Waals surface area contributed by atoms with Gasteiger partial charge in [-0.3, -0.25) is 9.52 Å². The molecule has 1 amide bonds. The van der Waals surface area contributed by atoms with Gasteiger partial charge in [0.2, 0.25) is 5.92 Å². The molecule has 2 N–H and O–H groups in total. The highest BCUT2D eigenvalue weighted by molar-refractivity contribution is 7.93. The Labute approximate surface area is 194 Å². The minimum atomic E-state index is -3.88. The molecule has 0 spiro atoms. The van der Waals surface area contributed by atoms with Crippen molar-refractivity contribution in [3.8, 4) is 0 Å². The smallest absolute Gasteiger partial charge is 0.264 e. The van der Waals surface area contributed by atoms with Crippen molar-refractivity contribution in [2.45, 2.75) is 42.6 Å². The van der Waals surface area contributed by atoms with E-state index in [1.54, 1.807) is 17.6 Å². The molecule has 0 atom stereocenters. The number of benzene rings is 2. The summed E-state index contributed by atoms with van der Waals surface area (Å²) in [4.78, 5) is 18.5. The third-order valence-corrected chi connectivity index (χ3v) is 7.82. The molecular formula is C22H23F2N3O4S2. The number of para-hydroxylation sites is 1. The summed E-state index contributed by atoms with van der Waals surface area (Å²) in [6.45, 7) is 1.10. The van der Waals surface area contributed by atoms with Crippen molar-refractivity contribution < 1.29 is 27.1 Å². The molecule has 1 aromatic heterocycles. The zero-order valence-corrected chi connectivity index (χ0v) is 19.4. The van der Waals surface area contributed by atoms with Crippen LogP contribution in [0.4, 0.5) is 14.5 Å². The number of aromatic nitrogens is 1. The van der Waals surface area contributed by atoms with E-state index in [-0.39, 0.29) is 42.4 Å². The number of rotatable bonds is 6. The minimum absolute atomic E-state index is 0.0693. The largest absolute Gasteiger partial charge is 0.390 e. The van der Waals surface area contributed by atoms with Crippen LogP contribution in [-0.4, -0.2) is 53.9 Å². The maximum absolute atomic E-state index is 13.3. The highest BCUT2D eigenvalue weighted by Crippen LogP contribution is 2.34. The number of nitrogens with zero attached hydrogens (tertiary/aromatic N) is 2. The van der Waals surface area contributed by atoms with Crippen LogP contribution >= 0.6 is 11.3 Å². The molecule has 33 heavy (non-hydrogen) atoms. The summed E-state index contributed by atoms with van der Waals surface area (Å²) < 4.78 is 55.6. The van der Waals surface area contributed by atoms with Crippen LogP contribution in [-0.2, 0) is 10.0 Å². The number of piperidine rings is 1. The van der Waals surface area contributed by atoms with Gasteiger partial charge in [0.05, 0.1) is 15.8 Å². The number of likely N-dealkylation sites (tertiary alicyclic amines) is 1. The van der Waals surface area contributed by atoms with Crippen molar-refractivity contribution >= 4 is 43.2 Å². The van der Waals surface area contributed by atoms with Gasteiger partial charge in [-0.05, 0) is 56.2 Å². The van der Waals surface area contributed by atoms with Gasteiger partial charge in [0.15, 0.2) is 0 Å². The van der Waals surface area contributed by atoms with Gasteiger partial charge in [-0.15, -0.1) is 11.3 Å². The number of carbonyl (C=O) groups is 1. The summed E-state index contributed by atoms with van der Waals surface area (Å²) in [5.41, 5.74) is 1.12. The molecule has 2 heterocycles. The molecule has 1 fully saturated rings. The van der Waals surface area contributed by atoms with Gasteiger partial charge in [-0.2, -0.15) is 0 Å². The number of anilines is 1. The van der Waals surface area contributed by atoms with Gasteiger partial charge in [0.25, 0.3) is 15.9 Å². The quantitative estimate of drug-likeness (QED) is 0.536. The molecule has 1 saturated heterocycles. The fourth-order valence-electron chi connectivity index (χ4n) is 4.03. The first kappa shape index (κ1) is 23.5. The monoisotopic (exact) mass is 495 g/mol. The number of alkyl halides is 2. The number of aliphatic hydroxyl groups is 1. The van der Waals surface area contributed by atoms with E-state index in [0.29, 0.717) is 11.1 Å². The minimum Gasteiger partial charge on any atom is -0.390 e. The average molecular weight is 496 g/mol. The van der Waals surface area contributed by atoms with E-state index in [1.165, 1.54) is 46.6 Å². The summed E-state index contributed by atoms with van der Waals surface area (Å²) in [6, 6.07) is 10.9. The molecule has 0 radical (unpaired) electrons. The van der Waals surface area contributed by atoms with E-state index >= 15 is 0 Å². The lowest BCUT2D eigenvalue weighted by Gasteiger charge is -2.39. The molecule has 176 valence electrons. The van der Waals surface area contributed by atoms with Crippen LogP contribution in [0.3, 0.4) is 0 Å². The molecule has 4 rings (SSSR count). The van der Waals surface area contributed by atoms with Crippen LogP contribution in [0.15, 0.2) is 52.9 Å². The van der Waals surface area contributed by atoms with Crippen molar-refractivity contribution in [1.82, 2.24) is 9.88 Å². The SMILES string of the molecule is CC(F)(F)CC1(O)CCN(C(=O)c2ccc(NS(=O)(=O)c3cccc4scnc34)cc2)CC1. The van der Waals surface area contributed by atoms with Crippen molar-refractivity contribution in [3.05, 3.63) is 53.5 Å². The third kappa shape index (κ3) is 5.31. The van der Waals surface area contributed by atoms with Crippen LogP contribution in [0.2, 0.25) is 0 Å². The molecule has 7 nitrogen and oxygen atoms in total. The van der Waals surface area contributed by atoms with Gasteiger partial charge in [-0.1, -0.05) is 6.07 Å². The lowest BCUT2D eigenvalue weighted by molar-refractivity contribution is -0.0984. The van der Waals surface area contributed by atoms with Crippen LogP contribution in [0, 0.1) is 0 Å². The summed E-state index contributed by atoms with van der Waals surface area (Å²) in [5, 5.41) is 10.4. The first-order chi connectivity index (χ1) is 15.5. The molecule has 1 aliphatic rings. The second-order valence-corrected chi connectivity index (χ2v) is 10.9. The molecule has 1 aliphatic heterocycles. The fourth-order valence-corrected chi connectivity index (χ4v) is 6.03. The summed E-state index contributed by atoms with van der Waals surface area (Å²) in [6.07, 6.45) is -0.490. The zero-order chi connectivity index (χ0) is 23.9. The molecule has 0 bridgehead atoms. The summed E-state index contributed by atoms with van der Waals surface area (Å²) in [7, 11) is -3.88. The van der Waals surface area contributed by atoms with Gasteiger partial charge in [0, 0.05) is 30.8 Å². The normalized spacial score (nSPS) is 16.7. The van der Waals surface area contributed by atoms with Crippen molar-refractivity contribution in [3.63, 3.8) is 0 Å². The number of hydrogen-bond donors (Lipinski definition) is 2. The second kappa shape index (κ2) is 8.62. The number of sulfonamides is 1. The summed E-state index contributed by atoms with van der Waals surface area (Å²) in [5.74, 6) is -3.28. The number of thiazole rings is 1. The molecular weight excluding hydrogens is 472 g/mol. The lowest BCUT2D eigenvalue weighted by Crippen LogP contribution is -2.48. The topological polar surface area (TPSA) is 99.6 Å². The maximum Gasteiger partial charge on any atom is 0.264 e. The van der Waals surface area contributed by atoms with Crippen molar-refractivity contribution in [2.24, 2.45) is 0 Å². The Morgan fingerprint density at radius 2 is 1.88 bits per heavy atom. The van der Waals surface area contributed by atoms with Crippen molar-refractivity contribution in [2.75, 3.05) is 17.8 Å². The van der Waals surface area contributed by atoms with Crippen LogP contribution in [0.5, 0.6) is 0 Å². The standard InChI is InChI=1S/C22H23F2N3O4S2/c1-21(23,24)13-22(29)9-11-27(12-10-22)20(28)15-5-7-16(8-6-15)26-33(30,31)18-4-2-3-17-19(18)25-14-32-17/h2-8,14,26,29H,9-13H2,1H3. The third-order valence-electron chi connectivity index (χ3n) is 5.62. The number of fused-ring (bicyclic) bond motifs is 1. The van der Waals surface area contributed by atoms with Gasteiger partial charge < -0.3 is 10.0 Å². The van der Waals surface area contributed by atoms with E-state index in [9.17, 15) is 27.1 Å². The predicted molar refractivity (Wildman–Crippen MR) is 122 cm³/mol. The Bertz CT molecular complexity index is 1260. The van der Waals surface area contributed by atoms with Crippen LogP contribution < -0.4 is 4.72 Å². The number of hydrogen-bond acceptors (Lipinski definition) is 6. The predicted octanol–water partition coefficient (Wildman–Crippen LogP) is 4.11. The Morgan fingerprint density at radius 3 is 2.52 bits per heavy atom. The van der Waals surface area contributed by atoms with E-state index in [2.05, 4.69) is 9.71 Å². The zero-order valence-electron chi connectivity index (χ0n) is 17.8. The van der Waals surface area contributed by atoms with Gasteiger partial charge >= 0.3 is 0 Å². The van der Waals surface area contributed by atoms with Gasteiger partial charge in [-0.25, -0.2) is 22.2 Å². The molecule has 2 aromatic carbocycles. The Morgan fingerprint density at radius 1 is 1.21 bits per heavy atom. The highest BCUT2D eigenvalue weighted by Gasteiger charge is 2.40. The summed E-state index contributed by atoms with van der Waals surface area (Å²) >= 11 is 1.35. The lowest BCUT2D eigenvalue weighted by atomic mass is 9.86. The number of halogens is 2. The number of nitrogens with one attached hydrogen (secondary N) is 1.